The van der Waals surface area contributed by atoms with Gasteiger partial charge < -0.3 is 14.9 Å². The normalized spacial score (nSPS) is 15.9. The van der Waals surface area contributed by atoms with Crippen LogP contribution in [-0.2, 0) is 24.0 Å². The van der Waals surface area contributed by atoms with Crippen molar-refractivity contribution in [2.45, 2.75) is 32.2 Å². The van der Waals surface area contributed by atoms with Gasteiger partial charge in [-0.25, -0.2) is 4.79 Å². The molecule has 1 fully saturated rings. The minimum atomic E-state index is -1.31. The maximum atomic E-state index is 13.6. The number of rotatable bonds is 5. The second kappa shape index (κ2) is 10.1. The minimum absolute atomic E-state index is 0.0709. The lowest BCUT2D eigenvalue weighted by atomic mass is 9.91. The molecule has 2 aromatic carbocycles. The molecular formula is C23H21Cl2N3O5. The Morgan fingerprint density at radius 2 is 1.82 bits per heavy atom. The van der Waals surface area contributed by atoms with Crippen LogP contribution >= 0.6 is 23.2 Å². The molecule has 1 aliphatic heterocycles. The van der Waals surface area contributed by atoms with Crippen LogP contribution in [0.4, 0.5) is 5.69 Å². The Morgan fingerprint density at radius 3 is 2.42 bits per heavy atom. The molecule has 3 rings (SSSR count). The van der Waals surface area contributed by atoms with Crippen LogP contribution in [0.15, 0.2) is 59.4 Å². The van der Waals surface area contributed by atoms with E-state index in [-0.39, 0.29) is 12.5 Å². The number of carbonyl (C=O) groups excluding carboxylic acids is 3. The van der Waals surface area contributed by atoms with Crippen LogP contribution in [0.2, 0.25) is 10.0 Å². The van der Waals surface area contributed by atoms with Gasteiger partial charge in [0.1, 0.15) is 11.5 Å². The summed E-state index contributed by atoms with van der Waals surface area (Å²) in [6.07, 6.45) is 0. The molecule has 1 atom stereocenters. The third kappa shape index (κ3) is 5.73. The molecule has 0 saturated carbocycles. The van der Waals surface area contributed by atoms with Crippen molar-refractivity contribution in [3.8, 4) is 0 Å². The van der Waals surface area contributed by atoms with Gasteiger partial charge in [0.05, 0.1) is 5.87 Å². The van der Waals surface area contributed by atoms with E-state index in [9.17, 15) is 14.4 Å². The standard InChI is InChI=1S/C23H21Cl2N3O5/c1-14(29)33-26-12-19-20(15-7-5-4-6-8-15)21(30)28(13-32-19)23(2,3)22(31)27-18-10-16(24)9-17(25)11-18/h4-11,20H,13H2,1-3H3,(H,27,31). The average molecular weight is 490 g/mol. The summed E-state index contributed by atoms with van der Waals surface area (Å²) in [5.74, 6) is 0.108. The number of amides is 2. The Bertz CT molecular complexity index is 1120. The molecule has 10 heteroatoms. The molecule has 2 aromatic rings. The van der Waals surface area contributed by atoms with Crippen LogP contribution in [-0.4, -0.2) is 40.8 Å². The Morgan fingerprint density at radius 1 is 1.18 bits per heavy atom. The Labute approximate surface area is 200 Å². The van der Waals surface area contributed by atoms with Gasteiger partial charge in [0, 0.05) is 22.7 Å². The Balaban J connectivity index is 1.91. The SMILES string of the molecule is CC(=O)ON=C=C1OCN(C(C)(C)C(=O)Nc2cc(Cl)cc(Cl)c2)C(=O)C1c1ccccc1. The molecule has 1 heterocycles. The van der Waals surface area contributed by atoms with Gasteiger partial charge in [0.25, 0.3) is 0 Å². The van der Waals surface area contributed by atoms with Gasteiger partial charge in [-0.2, -0.15) is 0 Å². The highest BCUT2D eigenvalue weighted by atomic mass is 35.5. The van der Waals surface area contributed by atoms with E-state index >= 15 is 0 Å². The summed E-state index contributed by atoms with van der Waals surface area (Å²) in [5, 5.41) is 6.92. The van der Waals surface area contributed by atoms with Gasteiger partial charge >= 0.3 is 5.97 Å². The van der Waals surface area contributed by atoms with Gasteiger partial charge in [0.15, 0.2) is 12.5 Å². The Hall–Kier alpha value is -3.32. The summed E-state index contributed by atoms with van der Waals surface area (Å²) in [6, 6.07) is 13.5. The van der Waals surface area contributed by atoms with Crippen LogP contribution in [0.25, 0.3) is 0 Å². The van der Waals surface area contributed by atoms with E-state index in [1.54, 1.807) is 62.4 Å². The zero-order valence-corrected chi connectivity index (χ0v) is 19.6. The zero-order valence-electron chi connectivity index (χ0n) is 18.1. The third-order valence-electron chi connectivity index (χ3n) is 4.94. The molecule has 33 heavy (non-hydrogen) atoms. The lowest BCUT2D eigenvalue weighted by Gasteiger charge is -2.42. The quantitative estimate of drug-likeness (QED) is 0.382. The van der Waals surface area contributed by atoms with Crippen molar-refractivity contribution >= 4 is 52.5 Å². The van der Waals surface area contributed by atoms with Crippen LogP contribution < -0.4 is 5.32 Å². The molecule has 1 unspecified atom stereocenters. The van der Waals surface area contributed by atoms with Crippen molar-refractivity contribution in [1.82, 2.24) is 4.90 Å². The molecule has 0 radical (unpaired) electrons. The molecule has 1 saturated heterocycles. The van der Waals surface area contributed by atoms with E-state index in [1.807, 2.05) is 0 Å². The van der Waals surface area contributed by atoms with E-state index < -0.39 is 29.2 Å². The number of halogens is 2. The lowest BCUT2D eigenvalue weighted by molar-refractivity contribution is -0.156. The monoisotopic (exact) mass is 489 g/mol. The van der Waals surface area contributed by atoms with Gasteiger partial charge in [-0.3, -0.25) is 14.5 Å². The number of hydrogen-bond acceptors (Lipinski definition) is 6. The summed E-state index contributed by atoms with van der Waals surface area (Å²) in [7, 11) is 0. The van der Waals surface area contributed by atoms with Gasteiger partial charge in [-0.05, 0) is 42.8 Å². The van der Waals surface area contributed by atoms with Gasteiger partial charge in [-0.1, -0.05) is 53.5 Å². The topological polar surface area (TPSA) is 97.3 Å². The van der Waals surface area contributed by atoms with E-state index in [0.29, 0.717) is 21.3 Å². The second-order valence-corrected chi connectivity index (χ2v) is 8.58. The molecule has 172 valence electrons. The fourth-order valence-electron chi connectivity index (χ4n) is 3.19. The molecule has 1 aliphatic rings. The van der Waals surface area contributed by atoms with Crippen molar-refractivity contribution < 1.29 is 24.0 Å². The minimum Gasteiger partial charge on any atom is -0.466 e. The molecule has 0 bridgehead atoms. The fourth-order valence-corrected chi connectivity index (χ4v) is 3.71. The highest BCUT2D eigenvalue weighted by molar-refractivity contribution is 6.35. The smallest absolute Gasteiger partial charge is 0.332 e. The van der Waals surface area contributed by atoms with Crippen molar-refractivity contribution in [3.05, 3.63) is 69.9 Å². The first kappa shape index (κ1) is 24.3. The third-order valence-corrected chi connectivity index (χ3v) is 5.37. The number of carbonyl (C=O) groups is 3. The van der Waals surface area contributed by atoms with Crippen molar-refractivity contribution in [2.75, 3.05) is 12.0 Å². The summed E-state index contributed by atoms with van der Waals surface area (Å²) in [6.45, 7) is 4.14. The molecule has 0 aromatic heterocycles. The second-order valence-electron chi connectivity index (χ2n) is 7.70. The molecule has 0 spiro atoms. The van der Waals surface area contributed by atoms with Gasteiger partial charge in [0.2, 0.25) is 11.8 Å². The predicted molar refractivity (Wildman–Crippen MR) is 124 cm³/mol. The number of nitrogens with zero attached hydrogens (tertiary/aromatic N) is 2. The van der Waals surface area contributed by atoms with Crippen LogP contribution in [0.5, 0.6) is 0 Å². The summed E-state index contributed by atoms with van der Waals surface area (Å²) in [5.41, 5.74) is -0.312. The van der Waals surface area contributed by atoms with Crippen LogP contribution in [0.1, 0.15) is 32.3 Å². The van der Waals surface area contributed by atoms with E-state index in [4.69, 9.17) is 27.9 Å². The molecule has 2 amide bonds. The van der Waals surface area contributed by atoms with E-state index in [2.05, 4.69) is 21.2 Å². The zero-order chi connectivity index (χ0) is 24.2. The number of hydrogen-bond donors (Lipinski definition) is 1. The first-order valence-electron chi connectivity index (χ1n) is 9.87. The number of ether oxygens (including phenoxy) is 1. The number of benzene rings is 2. The molecule has 8 nitrogen and oxygen atoms in total. The maximum absolute atomic E-state index is 13.6. The Kier molecular flexibility index (Phi) is 7.43. The highest BCUT2D eigenvalue weighted by Crippen LogP contribution is 2.34. The summed E-state index contributed by atoms with van der Waals surface area (Å²) in [4.78, 5) is 43.6. The highest BCUT2D eigenvalue weighted by Gasteiger charge is 2.45. The van der Waals surface area contributed by atoms with E-state index in [1.165, 1.54) is 11.8 Å². The largest absolute Gasteiger partial charge is 0.466 e. The van der Waals surface area contributed by atoms with Crippen LogP contribution in [0.3, 0.4) is 0 Å². The van der Waals surface area contributed by atoms with Crippen molar-refractivity contribution in [2.24, 2.45) is 5.16 Å². The number of nitrogens with one attached hydrogen (secondary N) is 1. The first-order chi connectivity index (χ1) is 15.6. The first-order valence-corrected chi connectivity index (χ1v) is 10.6. The molecular weight excluding hydrogens is 469 g/mol. The fraction of sp³-hybridized carbons (Fsp3) is 0.261. The molecule has 1 N–H and O–H groups in total. The summed E-state index contributed by atoms with van der Waals surface area (Å²) < 4.78 is 5.74. The molecule has 0 aliphatic carbocycles. The van der Waals surface area contributed by atoms with Crippen LogP contribution in [0, 0.1) is 0 Å². The summed E-state index contributed by atoms with van der Waals surface area (Å²) >= 11 is 12.0. The number of anilines is 1. The van der Waals surface area contributed by atoms with Gasteiger partial charge in [-0.15, -0.1) is 0 Å². The maximum Gasteiger partial charge on any atom is 0.332 e. The van der Waals surface area contributed by atoms with Crippen molar-refractivity contribution in [3.63, 3.8) is 0 Å². The average Bonchev–Trinajstić information content (AvgIpc) is 2.73. The lowest BCUT2D eigenvalue weighted by Crippen LogP contribution is -2.59. The predicted octanol–water partition coefficient (Wildman–Crippen LogP) is 4.34. The van der Waals surface area contributed by atoms with E-state index in [0.717, 1.165) is 0 Å². The van der Waals surface area contributed by atoms with Crippen molar-refractivity contribution in [1.29, 1.82) is 0 Å².